The molecule has 126 valence electrons. The quantitative estimate of drug-likeness (QED) is 0.715. The van der Waals surface area contributed by atoms with Gasteiger partial charge in [0.1, 0.15) is 11.6 Å². The molecule has 2 aromatic heterocycles. The highest BCUT2D eigenvalue weighted by Crippen LogP contribution is 2.35. The van der Waals surface area contributed by atoms with Crippen molar-refractivity contribution >= 4 is 17.5 Å². The number of aromatic nitrogens is 4. The predicted octanol–water partition coefficient (Wildman–Crippen LogP) is 3.68. The molecule has 1 aliphatic rings. The van der Waals surface area contributed by atoms with Crippen LogP contribution in [-0.2, 0) is 4.79 Å². The zero-order chi connectivity index (χ0) is 17.2. The van der Waals surface area contributed by atoms with Gasteiger partial charge in [-0.2, -0.15) is 0 Å². The van der Waals surface area contributed by atoms with Crippen molar-refractivity contribution in [2.75, 3.05) is 0 Å². The Morgan fingerprint density at radius 1 is 1.08 bits per heavy atom. The molecule has 1 aliphatic carbocycles. The average molecular weight is 354 g/mol. The Morgan fingerprint density at radius 2 is 1.84 bits per heavy atom. The molecule has 1 saturated carbocycles. The van der Waals surface area contributed by atoms with E-state index in [4.69, 9.17) is 0 Å². The molecule has 0 saturated heterocycles. The first-order valence-corrected chi connectivity index (χ1v) is 8.91. The van der Waals surface area contributed by atoms with E-state index in [-0.39, 0.29) is 16.9 Å². The van der Waals surface area contributed by atoms with Crippen LogP contribution in [0.2, 0.25) is 0 Å². The molecule has 25 heavy (non-hydrogen) atoms. The minimum atomic E-state index is -0.303. The summed E-state index contributed by atoms with van der Waals surface area (Å²) in [4.78, 5) is 16.0. The molecule has 0 radical (unpaired) electrons. The third-order valence-corrected chi connectivity index (χ3v) is 5.41. The number of hydrogen-bond donors (Lipinski definition) is 0. The molecule has 3 aromatic rings. The van der Waals surface area contributed by atoms with Gasteiger partial charge in [-0.05, 0) is 49.2 Å². The molecule has 0 spiro atoms. The first-order valence-electron chi connectivity index (χ1n) is 8.03. The van der Waals surface area contributed by atoms with Gasteiger partial charge in [0.25, 0.3) is 0 Å². The Morgan fingerprint density at radius 3 is 2.52 bits per heavy atom. The highest BCUT2D eigenvalue weighted by Gasteiger charge is 2.28. The number of thioether (sulfide) groups is 1. The third-order valence-electron chi connectivity index (χ3n) is 4.15. The van der Waals surface area contributed by atoms with Crippen molar-refractivity contribution < 1.29 is 9.18 Å². The lowest BCUT2D eigenvalue weighted by Gasteiger charge is -2.12. The van der Waals surface area contributed by atoms with Crippen LogP contribution in [0.4, 0.5) is 4.39 Å². The summed E-state index contributed by atoms with van der Waals surface area (Å²) in [6.45, 7) is 0. The molecule has 1 aromatic carbocycles. The molecule has 2 heterocycles. The highest BCUT2D eigenvalue weighted by atomic mass is 32.2. The molecule has 1 atom stereocenters. The van der Waals surface area contributed by atoms with Crippen LogP contribution in [0.15, 0.2) is 53.9 Å². The van der Waals surface area contributed by atoms with Crippen molar-refractivity contribution in [3.8, 4) is 17.1 Å². The fourth-order valence-corrected chi connectivity index (χ4v) is 4.07. The molecule has 4 rings (SSSR count). The Kier molecular flexibility index (Phi) is 4.31. The molecule has 7 heteroatoms. The van der Waals surface area contributed by atoms with E-state index in [1.54, 1.807) is 24.5 Å². The minimum absolute atomic E-state index is 0.0892. The minimum Gasteiger partial charge on any atom is -0.298 e. The predicted molar refractivity (Wildman–Crippen MR) is 93.1 cm³/mol. The Balaban J connectivity index is 1.80. The van der Waals surface area contributed by atoms with Gasteiger partial charge in [0.05, 0.1) is 5.25 Å². The number of carbonyl (C=O) groups excluding carboxylic acids is 1. The van der Waals surface area contributed by atoms with Crippen molar-refractivity contribution in [3.05, 3.63) is 54.6 Å². The molecule has 5 nitrogen and oxygen atoms in total. The standard InChI is InChI=1S/C18H15FN4OS/c19-13-4-6-14(7-5-13)23-17(12-8-10-20-11-9-12)21-22-18(23)25-16-3-1-2-15(16)24/h4-11,16H,1-3H2/t16-/m0/s1. The van der Waals surface area contributed by atoms with Gasteiger partial charge in [-0.25, -0.2) is 4.39 Å². The van der Waals surface area contributed by atoms with E-state index in [1.165, 1.54) is 23.9 Å². The monoisotopic (exact) mass is 354 g/mol. The van der Waals surface area contributed by atoms with Crippen LogP contribution < -0.4 is 0 Å². The van der Waals surface area contributed by atoms with E-state index in [9.17, 15) is 9.18 Å². The maximum Gasteiger partial charge on any atom is 0.196 e. The number of benzene rings is 1. The van der Waals surface area contributed by atoms with E-state index in [0.717, 1.165) is 24.1 Å². The maximum absolute atomic E-state index is 13.3. The van der Waals surface area contributed by atoms with Crippen LogP contribution in [0.5, 0.6) is 0 Å². The van der Waals surface area contributed by atoms with Crippen molar-refractivity contribution in [2.24, 2.45) is 0 Å². The lowest BCUT2D eigenvalue weighted by Crippen LogP contribution is -2.10. The van der Waals surface area contributed by atoms with Gasteiger partial charge < -0.3 is 0 Å². The van der Waals surface area contributed by atoms with Crippen molar-refractivity contribution in [2.45, 2.75) is 29.7 Å². The lowest BCUT2D eigenvalue weighted by molar-refractivity contribution is -0.116. The maximum atomic E-state index is 13.3. The number of hydrogen-bond acceptors (Lipinski definition) is 5. The van der Waals surface area contributed by atoms with Gasteiger partial charge in [0.15, 0.2) is 11.0 Å². The summed E-state index contributed by atoms with van der Waals surface area (Å²) in [7, 11) is 0. The summed E-state index contributed by atoms with van der Waals surface area (Å²) in [5.41, 5.74) is 1.61. The average Bonchev–Trinajstić information content (AvgIpc) is 3.24. The first-order chi connectivity index (χ1) is 12.2. The summed E-state index contributed by atoms with van der Waals surface area (Å²) in [5.74, 6) is 0.591. The van der Waals surface area contributed by atoms with E-state index >= 15 is 0 Å². The Hall–Kier alpha value is -2.54. The third kappa shape index (κ3) is 3.19. The number of halogens is 1. The van der Waals surface area contributed by atoms with Gasteiger partial charge in [0.2, 0.25) is 0 Å². The van der Waals surface area contributed by atoms with Crippen molar-refractivity contribution in [1.82, 2.24) is 19.7 Å². The first kappa shape index (κ1) is 16.0. The van der Waals surface area contributed by atoms with Crippen LogP contribution >= 0.6 is 11.8 Å². The number of ketones is 1. The van der Waals surface area contributed by atoms with Crippen LogP contribution in [-0.4, -0.2) is 30.8 Å². The SMILES string of the molecule is O=C1CCC[C@@H]1Sc1nnc(-c2ccncc2)n1-c1ccc(F)cc1. The van der Waals surface area contributed by atoms with Gasteiger partial charge in [0, 0.05) is 30.1 Å². The highest BCUT2D eigenvalue weighted by molar-refractivity contribution is 8.00. The van der Waals surface area contributed by atoms with Gasteiger partial charge in [-0.15, -0.1) is 10.2 Å². The molecule has 0 unspecified atom stereocenters. The normalized spacial score (nSPS) is 17.2. The van der Waals surface area contributed by atoms with E-state index in [0.29, 0.717) is 17.4 Å². The van der Waals surface area contributed by atoms with Crippen molar-refractivity contribution in [3.63, 3.8) is 0 Å². The largest absolute Gasteiger partial charge is 0.298 e. The van der Waals surface area contributed by atoms with Gasteiger partial charge in [-0.3, -0.25) is 14.3 Å². The summed E-state index contributed by atoms with van der Waals surface area (Å²) in [6, 6.07) is 9.87. The number of carbonyl (C=O) groups is 1. The fourth-order valence-electron chi connectivity index (χ4n) is 2.89. The zero-order valence-corrected chi connectivity index (χ0v) is 14.1. The smallest absolute Gasteiger partial charge is 0.196 e. The molecule has 0 N–H and O–H groups in total. The Labute approximate surface area is 148 Å². The van der Waals surface area contributed by atoms with E-state index < -0.39 is 0 Å². The van der Waals surface area contributed by atoms with Crippen LogP contribution in [0, 0.1) is 5.82 Å². The molecule has 0 aliphatic heterocycles. The topological polar surface area (TPSA) is 60.7 Å². The molecular weight excluding hydrogens is 339 g/mol. The second-order valence-electron chi connectivity index (χ2n) is 5.82. The van der Waals surface area contributed by atoms with Crippen LogP contribution in [0.1, 0.15) is 19.3 Å². The molecular formula is C18H15FN4OS. The Bertz CT molecular complexity index is 895. The second kappa shape index (κ2) is 6.76. The zero-order valence-electron chi connectivity index (χ0n) is 13.3. The van der Waals surface area contributed by atoms with E-state index in [1.807, 2.05) is 16.7 Å². The molecule has 1 fully saturated rings. The summed E-state index contributed by atoms with van der Waals surface area (Å²) in [5, 5.41) is 9.16. The lowest BCUT2D eigenvalue weighted by atomic mass is 10.2. The van der Waals surface area contributed by atoms with E-state index in [2.05, 4.69) is 15.2 Å². The number of rotatable bonds is 4. The van der Waals surface area contributed by atoms with Crippen molar-refractivity contribution in [1.29, 1.82) is 0 Å². The van der Waals surface area contributed by atoms with Crippen LogP contribution in [0.3, 0.4) is 0 Å². The second-order valence-corrected chi connectivity index (χ2v) is 6.99. The molecule has 0 amide bonds. The number of nitrogens with zero attached hydrogens (tertiary/aromatic N) is 4. The fraction of sp³-hybridized carbons (Fsp3) is 0.222. The summed E-state index contributed by atoms with van der Waals surface area (Å²) in [6.07, 6.45) is 5.76. The molecule has 0 bridgehead atoms. The summed E-state index contributed by atoms with van der Waals surface area (Å²) >= 11 is 1.43. The van der Waals surface area contributed by atoms with Crippen LogP contribution in [0.25, 0.3) is 17.1 Å². The summed E-state index contributed by atoms with van der Waals surface area (Å²) < 4.78 is 15.2. The van der Waals surface area contributed by atoms with Gasteiger partial charge >= 0.3 is 0 Å². The number of Topliss-reactive ketones (excluding diaryl/α,β-unsaturated/α-hetero) is 1. The number of pyridine rings is 1. The van der Waals surface area contributed by atoms with Gasteiger partial charge in [-0.1, -0.05) is 11.8 Å².